The zero-order valence-electron chi connectivity index (χ0n) is 8.16. The summed E-state index contributed by atoms with van der Waals surface area (Å²) in [5.74, 6) is -1.02. The monoisotopic (exact) mass is 230 g/mol. The molecular formula is C11H9F3O2. The average molecular weight is 230 g/mol. The Balaban J connectivity index is 2.83. The molecule has 0 bridgehead atoms. The predicted molar refractivity (Wildman–Crippen MR) is 52.7 cm³/mol. The van der Waals surface area contributed by atoms with Gasteiger partial charge in [0.05, 0.1) is 12.0 Å². The summed E-state index contributed by atoms with van der Waals surface area (Å²) in [6, 6.07) is 4.70. The van der Waals surface area contributed by atoms with Crippen molar-refractivity contribution < 1.29 is 23.1 Å². The number of carboxylic acid groups (broad SMARTS) is 1. The normalized spacial score (nSPS) is 11.9. The van der Waals surface area contributed by atoms with E-state index >= 15 is 0 Å². The Hall–Kier alpha value is -1.78. The SMILES string of the molecule is O=C(O)C/C=C/c1cccc(C(F)(F)F)c1. The fourth-order valence-corrected chi connectivity index (χ4v) is 1.11. The molecule has 86 valence electrons. The van der Waals surface area contributed by atoms with Gasteiger partial charge in [-0.1, -0.05) is 24.3 Å². The molecule has 1 rings (SSSR count). The van der Waals surface area contributed by atoms with E-state index in [1.54, 1.807) is 0 Å². The van der Waals surface area contributed by atoms with E-state index in [1.165, 1.54) is 24.3 Å². The Kier molecular flexibility index (Phi) is 3.71. The minimum Gasteiger partial charge on any atom is -0.481 e. The third-order valence-electron chi connectivity index (χ3n) is 1.82. The van der Waals surface area contributed by atoms with E-state index in [9.17, 15) is 18.0 Å². The first kappa shape index (κ1) is 12.3. The van der Waals surface area contributed by atoms with Gasteiger partial charge in [0.1, 0.15) is 0 Å². The Bertz CT molecular complexity index is 408. The quantitative estimate of drug-likeness (QED) is 0.865. The fraction of sp³-hybridized carbons (Fsp3) is 0.182. The molecule has 1 aromatic rings. The Morgan fingerprint density at radius 2 is 2.06 bits per heavy atom. The molecule has 0 unspecified atom stereocenters. The molecule has 16 heavy (non-hydrogen) atoms. The summed E-state index contributed by atoms with van der Waals surface area (Å²) in [5.41, 5.74) is -0.416. The zero-order valence-corrected chi connectivity index (χ0v) is 8.16. The molecule has 0 heterocycles. The van der Waals surface area contributed by atoms with Crippen LogP contribution in [0.4, 0.5) is 13.2 Å². The first-order valence-corrected chi connectivity index (χ1v) is 4.45. The van der Waals surface area contributed by atoms with Gasteiger partial charge in [0.2, 0.25) is 0 Å². The molecule has 1 aromatic carbocycles. The summed E-state index contributed by atoms with van der Waals surface area (Å²) in [4.78, 5) is 10.2. The van der Waals surface area contributed by atoms with Crippen molar-refractivity contribution in [3.8, 4) is 0 Å². The second-order valence-corrected chi connectivity index (χ2v) is 3.12. The summed E-state index contributed by atoms with van der Waals surface area (Å²) < 4.78 is 36.9. The highest BCUT2D eigenvalue weighted by molar-refractivity contribution is 5.70. The minimum absolute atomic E-state index is 0.212. The highest BCUT2D eigenvalue weighted by Crippen LogP contribution is 2.29. The largest absolute Gasteiger partial charge is 0.481 e. The van der Waals surface area contributed by atoms with Gasteiger partial charge in [-0.25, -0.2) is 0 Å². The zero-order chi connectivity index (χ0) is 12.2. The van der Waals surface area contributed by atoms with Crippen LogP contribution in [0.2, 0.25) is 0 Å². The number of rotatable bonds is 3. The van der Waals surface area contributed by atoms with Crippen LogP contribution in [0.1, 0.15) is 17.5 Å². The van der Waals surface area contributed by atoms with Gasteiger partial charge >= 0.3 is 12.1 Å². The van der Waals surface area contributed by atoms with E-state index in [1.807, 2.05) is 0 Å². The van der Waals surface area contributed by atoms with Crippen molar-refractivity contribution in [1.82, 2.24) is 0 Å². The number of aliphatic carboxylic acids is 1. The van der Waals surface area contributed by atoms with Gasteiger partial charge in [-0.2, -0.15) is 13.2 Å². The standard InChI is InChI=1S/C11H9F3O2/c12-11(13,14)9-5-1-3-8(7-9)4-2-6-10(15)16/h1-5,7H,6H2,(H,15,16)/b4-2+. The molecule has 0 fully saturated rings. The Labute approximate surface area is 90.0 Å². The van der Waals surface area contributed by atoms with E-state index < -0.39 is 17.7 Å². The fourth-order valence-electron chi connectivity index (χ4n) is 1.11. The lowest BCUT2D eigenvalue weighted by atomic mass is 10.1. The molecule has 0 spiro atoms. The summed E-state index contributed by atoms with van der Waals surface area (Å²) in [7, 11) is 0. The number of alkyl halides is 3. The van der Waals surface area contributed by atoms with Crippen molar-refractivity contribution in [2.75, 3.05) is 0 Å². The highest BCUT2D eigenvalue weighted by Gasteiger charge is 2.30. The molecule has 0 radical (unpaired) electrons. The van der Waals surface area contributed by atoms with Crippen molar-refractivity contribution in [3.63, 3.8) is 0 Å². The molecule has 0 aliphatic heterocycles. The van der Waals surface area contributed by atoms with Crippen LogP contribution in [0.15, 0.2) is 30.3 Å². The van der Waals surface area contributed by atoms with Gasteiger partial charge in [0.25, 0.3) is 0 Å². The molecule has 0 saturated heterocycles. The second-order valence-electron chi connectivity index (χ2n) is 3.12. The number of benzene rings is 1. The van der Waals surface area contributed by atoms with E-state index in [4.69, 9.17) is 5.11 Å². The van der Waals surface area contributed by atoms with Crippen LogP contribution >= 0.6 is 0 Å². The van der Waals surface area contributed by atoms with E-state index in [-0.39, 0.29) is 6.42 Å². The lowest BCUT2D eigenvalue weighted by Gasteiger charge is -2.06. The summed E-state index contributed by atoms with van der Waals surface area (Å²) in [6.45, 7) is 0. The summed E-state index contributed by atoms with van der Waals surface area (Å²) in [6.07, 6.45) is -1.94. The maximum Gasteiger partial charge on any atom is 0.416 e. The lowest BCUT2D eigenvalue weighted by molar-refractivity contribution is -0.138. The van der Waals surface area contributed by atoms with Gasteiger partial charge in [-0.3, -0.25) is 4.79 Å². The summed E-state index contributed by atoms with van der Waals surface area (Å²) in [5, 5.41) is 8.34. The van der Waals surface area contributed by atoms with Gasteiger partial charge in [0, 0.05) is 0 Å². The van der Waals surface area contributed by atoms with Crippen molar-refractivity contribution in [2.24, 2.45) is 0 Å². The molecule has 0 aliphatic rings. The first-order chi connectivity index (χ1) is 7.39. The van der Waals surface area contributed by atoms with Crippen molar-refractivity contribution in [3.05, 3.63) is 41.5 Å². The van der Waals surface area contributed by atoms with E-state index in [0.717, 1.165) is 12.1 Å². The van der Waals surface area contributed by atoms with Crippen LogP contribution < -0.4 is 0 Å². The predicted octanol–water partition coefficient (Wildman–Crippen LogP) is 3.19. The maximum absolute atomic E-state index is 12.3. The maximum atomic E-state index is 12.3. The van der Waals surface area contributed by atoms with Crippen molar-refractivity contribution in [1.29, 1.82) is 0 Å². The van der Waals surface area contributed by atoms with Crippen LogP contribution in [0.3, 0.4) is 0 Å². The van der Waals surface area contributed by atoms with Crippen molar-refractivity contribution >= 4 is 12.0 Å². The molecule has 0 aliphatic carbocycles. The van der Waals surface area contributed by atoms with Gasteiger partial charge in [-0.05, 0) is 17.7 Å². The third kappa shape index (κ3) is 3.76. The van der Waals surface area contributed by atoms with Gasteiger partial charge < -0.3 is 5.11 Å². The van der Waals surface area contributed by atoms with Crippen molar-refractivity contribution in [2.45, 2.75) is 12.6 Å². The summed E-state index contributed by atoms with van der Waals surface area (Å²) >= 11 is 0. The van der Waals surface area contributed by atoms with E-state index in [0.29, 0.717) is 5.56 Å². The average Bonchev–Trinajstić information content (AvgIpc) is 2.16. The van der Waals surface area contributed by atoms with Crippen LogP contribution in [0.25, 0.3) is 6.08 Å². The van der Waals surface area contributed by atoms with Crippen LogP contribution in [-0.2, 0) is 11.0 Å². The third-order valence-corrected chi connectivity index (χ3v) is 1.82. The molecular weight excluding hydrogens is 221 g/mol. The first-order valence-electron chi connectivity index (χ1n) is 4.45. The molecule has 1 N–H and O–H groups in total. The minimum atomic E-state index is -4.38. The van der Waals surface area contributed by atoms with Gasteiger partial charge in [-0.15, -0.1) is 0 Å². The van der Waals surface area contributed by atoms with Crippen LogP contribution in [0.5, 0.6) is 0 Å². The molecule has 0 saturated carbocycles. The van der Waals surface area contributed by atoms with Crippen LogP contribution in [0, 0.1) is 0 Å². The van der Waals surface area contributed by atoms with Gasteiger partial charge in [0.15, 0.2) is 0 Å². The Morgan fingerprint density at radius 3 is 2.62 bits per heavy atom. The topological polar surface area (TPSA) is 37.3 Å². The number of halogens is 3. The molecule has 0 aromatic heterocycles. The van der Waals surface area contributed by atoms with E-state index in [2.05, 4.69) is 0 Å². The number of carbonyl (C=O) groups is 1. The number of carboxylic acids is 1. The number of hydrogen-bond acceptors (Lipinski definition) is 1. The molecule has 2 nitrogen and oxygen atoms in total. The molecule has 0 amide bonds. The highest BCUT2D eigenvalue weighted by atomic mass is 19.4. The number of hydrogen-bond donors (Lipinski definition) is 1. The lowest BCUT2D eigenvalue weighted by Crippen LogP contribution is -2.04. The Morgan fingerprint density at radius 1 is 1.38 bits per heavy atom. The molecule has 5 heteroatoms. The second kappa shape index (κ2) is 4.83. The van der Waals surface area contributed by atoms with Crippen LogP contribution in [-0.4, -0.2) is 11.1 Å². The smallest absolute Gasteiger partial charge is 0.416 e. The molecule has 0 atom stereocenters.